The number of hydrogen-bond acceptors (Lipinski definition) is 1. The van der Waals surface area contributed by atoms with Gasteiger partial charge in [-0.1, -0.05) is 42.2 Å². The molecule has 2 amide bonds. The predicted molar refractivity (Wildman–Crippen MR) is 84.7 cm³/mol. The van der Waals surface area contributed by atoms with Crippen molar-refractivity contribution in [2.24, 2.45) is 0 Å². The fourth-order valence-corrected chi connectivity index (χ4v) is 1.78. The zero-order chi connectivity index (χ0) is 15.8. The minimum absolute atomic E-state index is 0.253. The summed E-state index contributed by atoms with van der Waals surface area (Å²) in [5.74, 6) is 5.54. The first-order chi connectivity index (χ1) is 10.6. The number of aryl methyl sites for hydroxylation is 1. The van der Waals surface area contributed by atoms with Crippen molar-refractivity contribution in [3.8, 4) is 11.8 Å². The Morgan fingerprint density at radius 1 is 1.14 bits per heavy atom. The van der Waals surface area contributed by atoms with Crippen molar-refractivity contribution >= 4 is 6.03 Å². The number of urea groups is 1. The fraction of sp³-hybridized carbons (Fsp3) is 0.167. The number of nitrogens with one attached hydrogen (secondary N) is 2. The van der Waals surface area contributed by atoms with Crippen molar-refractivity contribution in [1.82, 2.24) is 10.6 Å². The molecule has 0 unspecified atom stereocenters. The van der Waals surface area contributed by atoms with E-state index < -0.39 is 0 Å². The largest absolute Gasteiger partial charge is 0.334 e. The van der Waals surface area contributed by atoms with Crippen molar-refractivity contribution in [3.05, 3.63) is 71.0 Å². The predicted octanol–water partition coefficient (Wildman–Crippen LogP) is 2.99. The zero-order valence-electron chi connectivity index (χ0n) is 12.3. The summed E-state index contributed by atoms with van der Waals surface area (Å²) in [6.07, 6.45) is 0. The lowest BCUT2D eigenvalue weighted by Crippen LogP contribution is -2.35. The molecular formula is C18H17FN2O. The second-order valence-corrected chi connectivity index (χ2v) is 4.79. The van der Waals surface area contributed by atoms with Gasteiger partial charge in [0.25, 0.3) is 0 Å². The Morgan fingerprint density at radius 2 is 1.91 bits per heavy atom. The summed E-state index contributed by atoms with van der Waals surface area (Å²) in [6.45, 7) is 2.22. The summed E-state index contributed by atoms with van der Waals surface area (Å²) >= 11 is 0. The molecule has 4 heteroatoms. The van der Waals surface area contributed by atoms with Crippen LogP contribution in [0.25, 0.3) is 0 Å². The minimum Gasteiger partial charge on any atom is -0.334 e. The molecule has 22 heavy (non-hydrogen) atoms. The SMILES string of the molecule is Cc1ccc(CNC(=O)NCC#Cc2ccccc2)cc1F. The van der Waals surface area contributed by atoms with Crippen molar-refractivity contribution in [3.63, 3.8) is 0 Å². The Balaban J connectivity index is 1.74. The number of rotatable bonds is 3. The molecule has 0 fully saturated rings. The number of amides is 2. The van der Waals surface area contributed by atoms with E-state index in [-0.39, 0.29) is 24.9 Å². The molecule has 2 N–H and O–H groups in total. The van der Waals surface area contributed by atoms with Gasteiger partial charge in [-0.2, -0.15) is 0 Å². The van der Waals surface area contributed by atoms with E-state index in [0.717, 1.165) is 5.56 Å². The third-order valence-corrected chi connectivity index (χ3v) is 3.03. The highest BCUT2D eigenvalue weighted by Gasteiger charge is 2.01. The van der Waals surface area contributed by atoms with E-state index in [1.807, 2.05) is 30.3 Å². The van der Waals surface area contributed by atoms with E-state index in [0.29, 0.717) is 11.1 Å². The molecule has 0 saturated heterocycles. The average molecular weight is 296 g/mol. The summed E-state index contributed by atoms with van der Waals surface area (Å²) in [7, 11) is 0. The molecule has 0 aliphatic carbocycles. The first-order valence-corrected chi connectivity index (χ1v) is 6.96. The van der Waals surface area contributed by atoms with E-state index in [2.05, 4.69) is 22.5 Å². The monoisotopic (exact) mass is 296 g/mol. The second kappa shape index (κ2) is 7.84. The molecule has 0 atom stereocenters. The van der Waals surface area contributed by atoms with Crippen LogP contribution in [0.5, 0.6) is 0 Å². The summed E-state index contributed by atoms with van der Waals surface area (Å²) in [6, 6.07) is 14.1. The van der Waals surface area contributed by atoms with Crippen LogP contribution in [0.1, 0.15) is 16.7 Å². The van der Waals surface area contributed by atoms with Crippen LogP contribution in [0.15, 0.2) is 48.5 Å². The van der Waals surface area contributed by atoms with Gasteiger partial charge in [-0.3, -0.25) is 0 Å². The van der Waals surface area contributed by atoms with E-state index in [1.165, 1.54) is 6.07 Å². The Kier molecular flexibility index (Phi) is 5.56. The molecule has 0 bridgehead atoms. The highest BCUT2D eigenvalue weighted by atomic mass is 19.1. The Bertz CT molecular complexity index is 702. The topological polar surface area (TPSA) is 41.1 Å². The molecule has 0 aliphatic rings. The summed E-state index contributed by atoms with van der Waals surface area (Å²) in [5, 5.41) is 5.29. The molecule has 0 spiro atoms. The van der Waals surface area contributed by atoms with E-state index >= 15 is 0 Å². The molecule has 0 saturated carbocycles. The quantitative estimate of drug-likeness (QED) is 0.840. The molecule has 3 nitrogen and oxygen atoms in total. The summed E-state index contributed by atoms with van der Waals surface area (Å²) < 4.78 is 13.4. The van der Waals surface area contributed by atoms with E-state index in [4.69, 9.17) is 0 Å². The first kappa shape index (κ1) is 15.6. The molecule has 2 rings (SSSR count). The lowest BCUT2D eigenvalue weighted by Gasteiger charge is -2.06. The second-order valence-electron chi connectivity index (χ2n) is 4.79. The van der Waals surface area contributed by atoms with Crippen LogP contribution in [0.4, 0.5) is 9.18 Å². The third kappa shape index (κ3) is 4.95. The number of carbonyl (C=O) groups excluding carboxylic acids is 1. The molecule has 112 valence electrons. The van der Waals surface area contributed by atoms with Gasteiger partial charge in [0.05, 0.1) is 6.54 Å². The van der Waals surface area contributed by atoms with E-state index in [9.17, 15) is 9.18 Å². The van der Waals surface area contributed by atoms with Crippen LogP contribution in [0.2, 0.25) is 0 Å². The Hall–Kier alpha value is -2.80. The van der Waals surface area contributed by atoms with Gasteiger partial charge in [0.15, 0.2) is 0 Å². The molecule has 0 heterocycles. The number of hydrogen-bond donors (Lipinski definition) is 2. The summed E-state index contributed by atoms with van der Waals surface area (Å²) in [5.41, 5.74) is 2.21. The van der Waals surface area contributed by atoms with Gasteiger partial charge < -0.3 is 10.6 Å². The number of halogens is 1. The van der Waals surface area contributed by atoms with Gasteiger partial charge in [-0.15, -0.1) is 0 Å². The number of carbonyl (C=O) groups is 1. The Morgan fingerprint density at radius 3 is 2.64 bits per heavy atom. The van der Waals surface area contributed by atoms with Gasteiger partial charge in [-0.05, 0) is 36.2 Å². The van der Waals surface area contributed by atoms with Gasteiger partial charge in [0.1, 0.15) is 5.82 Å². The first-order valence-electron chi connectivity index (χ1n) is 6.96. The number of benzene rings is 2. The molecule has 0 aromatic heterocycles. The van der Waals surface area contributed by atoms with Gasteiger partial charge in [0, 0.05) is 12.1 Å². The van der Waals surface area contributed by atoms with Crippen LogP contribution in [-0.2, 0) is 6.54 Å². The lowest BCUT2D eigenvalue weighted by atomic mass is 10.1. The maximum atomic E-state index is 13.4. The van der Waals surface area contributed by atoms with Crippen molar-refractivity contribution in [2.45, 2.75) is 13.5 Å². The van der Waals surface area contributed by atoms with Crippen molar-refractivity contribution in [2.75, 3.05) is 6.54 Å². The van der Waals surface area contributed by atoms with Crippen molar-refractivity contribution < 1.29 is 9.18 Å². The Labute approximate surface area is 129 Å². The van der Waals surface area contributed by atoms with Crippen LogP contribution in [-0.4, -0.2) is 12.6 Å². The molecule has 0 aliphatic heterocycles. The summed E-state index contributed by atoms with van der Waals surface area (Å²) in [4.78, 5) is 11.6. The van der Waals surface area contributed by atoms with Gasteiger partial charge >= 0.3 is 6.03 Å². The van der Waals surface area contributed by atoms with Crippen LogP contribution in [0.3, 0.4) is 0 Å². The highest BCUT2D eigenvalue weighted by Crippen LogP contribution is 2.08. The third-order valence-electron chi connectivity index (χ3n) is 3.03. The van der Waals surface area contributed by atoms with Crippen LogP contribution in [0, 0.1) is 24.6 Å². The standard InChI is InChI=1S/C18H17FN2O/c1-14-9-10-16(12-17(14)19)13-21-18(22)20-11-5-8-15-6-3-2-4-7-15/h2-4,6-7,9-10,12H,11,13H2,1H3,(H2,20,21,22). The minimum atomic E-state index is -0.330. The van der Waals surface area contributed by atoms with Crippen molar-refractivity contribution in [1.29, 1.82) is 0 Å². The van der Waals surface area contributed by atoms with Gasteiger partial charge in [0.2, 0.25) is 0 Å². The molecular weight excluding hydrogens is 279 g/mol. The maximum Gasteiger partial charge on any atom is 0.315 e. The zero-order valence-corrected chi connectivity index (χ0v) is 12.3. The maximum absolute atomic E-state index is 13.4. The van der Waals surface area contributed by atoms with Crippen LogP contribution >= 0.6 is 0 Å². The van der Waals surface area contributed by atoms with Gasteiger partial charge in [-0.25, -0.2) is 9.18 Å². The van der Waals surface area contributed by atoms with E-state index in [1.54, 1.807) is 19.1 Å². The molecule has 2 aromatic rings. The normalized spacial score (nSPS) is 9.55. The lowest BCUT2D eigenvalue weighted by molar-refractivity contribution is 0.241. The highest BCUT2D eigenvalue weighted by molar-refractivity contribution is 5.74. The van der Waals surface area contributed by atoms with Crippen LogP contribution < -0.4 is 10.6 Å². The molecule has 2 aromatic carbocycles. The smallest absolute Gasteiger partial charge is 0.315 e. The average Bonchev–Trinajstić information content (AvgIpc) is 2.54. The molecule has 0 radical (unpaired) electrons. The fourth-order valence-electron chi connectivity index (χ4n) is 1.78.